The molecule has 0 radical (unpaired) electrons. The first-order valence-electron chi connectivity index (χ1n) is 10.00. The van der Waals surface area contributed by atoms with Gasteiger partial charge in [-0.15, -0.1) is 0 Å². The maximum Gasteiger partial charge on any atom is 0.162 e. The number of benzene rings is 2. The number of allylic oxidation sites excluding steroid dienone is 1. The van der Waals surface area contributed by atoms with Crippen LogP contribution in [-0.4, -0.2) is 36.1 Å². The van der Waals surface area contributed by atoms with Gasteiger partial charge in [0.25, 0.3) is 0 Å². The topological polar surface area (TPSA) is 37.4 Å². The molecule has 0 aromatic heterocycles. The van der Waals surface area contributed by atoms with Crippen LogP contribution in [0.5, 0.6) is 0 Å². The summed E-state index contributed by atoms with van der Waals surface area (Å²) in [5.41, 5.74) is 1.52. The first kappa shape index (κ1) is 21.4. The van der Waals surface area contributed by atoms with Gasteiger partial charge in [0.2, 0.25) is 0 Å². The second kappa shape index (κ2) is 10.5. The molecule has 2 aromatic carbocycles. The predicted molar refractivity (Wildman–Crippen MR) is 115 cm³/mol. The Hall–Kier alpha value is -2.30. The van der Waals surface area contributed by atoms with E-state index in [1.165, 1.54) is 24.3 Å². The van der Waals surface area contributed by atoms with E-state index in [0.717, 1.165) is 44.5 Å². The Morgan fingerprint density at radius 1 is 1.03 bits per heavy atom. The van der Waals surface area contributed by atoms with Gasteiger partial charge in [-0.25, -0.2) is 4.39 Å². The van der Waals surface area contributed by atoms with Gasteiger partial charge in [0.1, 0.15) is 5.82 Å². The van der Waals surface area contributed by atoms with E-state index in [0.29, 0.717) is 17.0 Å². The van der Waals surface area contributed by atoms with Crippen molar-refractivity contribution in [2.24, 2.45) is 5.92 Å². The number of piperidine rings is 1. The fraction of sp³-hybridized carbons (Fsp3) is 0.333. The third kappa shape index (κ3) is 6.62. The maximum absolute atomic E-state index is 12.9. The molecular weight excluding hydrogens is 389 g/mol. The second-order valence-corrected chi connectivity index (χ2v) is 7.87. The third-order valence-electron chi connectivity index (χ3n) is 5.34. The molecule has 1 fully saturated rings. The van der Waals surface area contributed by atoms with Crippen LogP contribution in [0.4, 0.5) is 4.39 Å². The number of ketones is 2. The van der Waals surface area contributed by atoms with E-state index in [1.54, 1.807) is 6.08 Å². The minimum Gasteiger partial charge on any atom is -0.303 e. The van der Waals surface area contributed by atoms with E-state index in [2.05, 4.69) is 4.90 Å². The molecule has 1 aliphatic heterocycles. The molecule has 0 aliphatic carbocycles. The summed E-state index contributed by atoms with van der Waals surface area (Å²) in [6.07, 6.45) is 6.42. The SMILES string of the molecule is O=C(CCCN1CCC(C(=O)C=Cc2ccc(Cl)cc2)CC1)c1ccc(F)cc1. The number of carbonyl (C=O) groups is 2. The monoisotopic (exact) mass is 413 g/mol. The molecule has 0 unspecified atom stereocenters. The number of hydrogen-bond acceptors (Lipinski definition) is 3. The summed E-state index contributed by atoms with van der Waals surface area (Å²) in [6.45, 7) is 2.58. The molecule has 3 rings (SSSR count). The van der Waals surface area contributed by atoms with Crippen LogP contribution in [0.2, 0.25) is 5.02 Å². The van der Waals surface area contributed by atoms with Crippen molar-refractivity contribution >= 4 is 29.2 Å². The Morgan fingerprint density at radius 2 is 1.69 bits per heavy atom. The molecule has 0 N–H and O–H groups in total. The Bertz CT molecular complexity index is 853. The smallest absolute Gasteiger partial charge is 0.162 e. The molecule has 0 atom stereocenters. The first-order valence-corrected chi connectivity index (χ1v) is 10.4. The number of Topliss-reactive ketones (excluding diaryl/α,β-unsaturated/α-hetero) is 1. The summed E-state index contributed by atoms with van der Waals surface area (Å²) in [6, 6.07) is 13.1. The Morgan fingerprint density at radius 3 is 2.34 bits per heavy atom. The van der Waals surface area contributed by atoms with Crippen molar-refractivity contribution in [1.29, 1.82) is 0 Å². The van der Waals surface area contributed by atoms with Crippen molar-refractivity contribution in [3.63, 3.8) is 0 Å². The van der Waals surface area contributed by atoms with Crippen LogP contribution in [0.15, 0.2) is 54.6 Å². The molecule has 5 heteroatoms. The largest absolute Gasteiger partial charge is 0.303 e. The Labute approximate surface area is 176 Å². The molecule has 1 saturated heterocycles. The first-order chi connectivity index (χ1) is 14.0. The van der Waals surface area contributed by atoms with E-state index in [1.807, 2.05) is 30.3 Å². The van der Waals surface area contributed by atoms with Gasteiger partial charge in [0, 0.05) is 22.9 Å². The van der Waals surface area contributed by atoms with Crippen molar-refractivity contribution in [2.75, 3.05) is 19.6 Å². The molecule has 0 bridgehead atoms. The summed E-state index contributed by atoms with van der Waals surface area (Å²) < 4.78 is 12.9. The van der Waals surface area contributed by atoms with Crippen LogP contribution in [0, 0.1) is 11.7 Å². The number of rotatable bonds is 8. The average Bonchev–Trinajstić information content (AvgIpc) is 2.74. The zero-order chi connectivity index (χ0) is 20.6. The minimum atomic E-state index is -0.332. The summed E-state index contributed by atoms with van der Waals surface area (Å²) in [5, 5.41) is 0.681. The van der Waals surface area contributed by atoms with Crippen molar-refractivity contribution in [3.8, 4) is 0 Å². The highest BCUT2D eigenvalue weighted by Gasteiger charge is 2.23. The highest BCUT2D eigenvalue weighted by atomic mass is 35.5. The number of halogens is 2. The molecule has 1 heterocycles. The molecule has 0 spiro atoms. The van der Waals surface area contributed by atoms with Gasteiger partial charge in [-0.2, -0.15) is 0 Å². The third-order valence-corrected chi connectivity index (χ3v) is 5.60. The zero-order valence-electron chi connectivity index (χ0n) is 16.3. The fourth-order valence-corrected chi connectivity index (χ4v) is 3.70. The number of hydrogen-bond donors (Lipinski definition) is 0. The molecule has 0 saturated carbocycles. The van der Waals surface area contributed by atoms with E-state index in [-0.39, 0.29) is 23.3 Å². The molecule has 152 valence electrons. The highest BCUT2D eigenvalue weighted by Crippen LogP contribution is 2.20. The summed E-state index contributed by atoms with van der Waals surface area (Å²) in [5.74, 6) is -0.0499. The van der Waals surface area contributed by atoms with Crippen molar-refractivity contribution in [1.82, 2.24) is 4.90 Å². The van der Waals surface area contributed by atoms with Crippen LogP contribution < -0.4 is 0 Å². The van der Waals surface area contributed by atoms with Crippen LogP contribution in [0.3, 0.4) is 0 Å². The number of likely N-dealkylation sites (tertiary alicyclic amines) is 1. The van der Waals surface area contributed by atoms with Crippen LogP contribution in [0.1, 0.15) is 41.6 Å². The van der Waals surface area contributed by atoms with Gasteiger partial charge in [-0.3, -0.25) is 9.59 Å². The van der Waals surface area contributed by atoms with Gasteiger partial charge >= 0.3 is 0 Å². The standard InChI is InChI=1S/C24H25ClFNO2/c25-21-8-3-18(4-9-21)5-12-24(29)20-13-16-27(17-14-20)15-1-2-23(28)19-6-10-22(26)11-7-19/h3-12,20H,1-2,13-17H2. The Kier molecular flexibility index (Phi) is 7.73. The van der Waals surface area contributed by atoms with Crippen LogP contribution in [0.25, 0.3) is 6.08 Å². The van der Waals surface area contributed by atoms with Crippen LogP contribution in [-0.2, 0) is 4.79 Å². The van der Waals surface area contributed by atoms with Crippen molar-refractivity contribution < 1.29 is 14.0 Å². The zero-order valence-corrected chi connectivity index (χ0v) is 17.1. The van der Waals surface area contributed by atoms with E-state index in [9.17, 15) is 14.0 Å². The average molecular weight is 414 g/mol. The molecule has 3 nitrogen and oxygen atoms in total. The summed E-state index contributed by atoms with van der Waals surface area (Å²) in [4.78, 5) is 26.9. The molecule has 2 aromatic rings. The Balaban J connectivity index is 1.37. The lowest BCUT2D eigenvalue weighted by molar-refractivity contribution is -0.119. The lowest BCUT2D eigenvalue weighted by atomic mass is 9.92. The molecule has 0 amide bonds. The van der Waals surface area contributed by atoms with Gasteiger partial charge in [-0.1, -0.05) is 29.8 Å². The van der Waals surface area contributed by atoms with Crippen molar-refractivity contribution in [2.45, 2.75) is 25.7 Å². The lowest BCUT2D eigenvalue weighted by Crippen LogP contribution is -2.36. The predicted octanol–water partition coefficient (Wildman–Crippen LogP) is 5.44. The van der Waals surface area contributed by atoms with E-state index >= 15 is 0 Å². The van der Waals surface area contributed by atoms with Crippen molar-refractivity contribution in [3.05, 3.63) is 76.6 Å². The van der Waals surface area contributed by atoms with Crippen LogP contribution >= 0.6 is 11.6 Å². The van der Waals surface area contributed by atoms with Gasteiger partial charge < -0.3 is 4.90 Å². The van der Waals surface area contributed by atoms with E-state index in [4.69, 9.17) is 11.6 Å². The maximum atomic E-state index is 12.9. The van der Waals surface area contributed by atoms with Gasteiger partial charge in [-0.05, 0) is 86.9 Å². The second-order valence-electron chi connectivity index (χ2n) is 7.44. The fourth-order valence-electron chi connectivity index (χ4n) is 3.57. The number of carbonyl (C=O) groups excluding carboxylic acids is 2. The quantitative estimate of drug-likeness (QED) is 0.427. The normalized spacial score (nSPS) is 15.7. The highest BCUT2D eigenvalue weighted by molar-refractivity contribution is 6.30. The van der Waals surface area contributed by atoms with E-state index < -0.39 is 0 Å². The number of nitrogens with zero attached hydrogens (tertiary/aromatic N) is 1. The molecular formula is C24H25ClFNO2. The molecule has 1 aliphatic rings. The summed E-state index contributed by atoms with van der Waals surface area (Å²) >= 11 is 5.87. The summed E-state index contributed by atoms with van der Waals surface area (Å²) in [7, 11) is 0. The van der Waals surface area contributed by atoms with Gasteiger partial charge in [0.15, 0.2) is 11.6 Å². The lowest BCUT2D eigenvalue weighted by Gasteiger charge is -2.30. The minimum absolute atomic E-state index is 0.0439. The van der Waals surface area contributed by atoms with Gasteiger partial charge in [0.05, 0.1) is 0 Å². The molecule has 29 heavy (non-hydrogen) atoms.